The van der Waals surface area contributed by atoms with Crippen molar-refractivity contribution >= 4 is 16.5 Å². The SMILES string of the molecule is CCc1nn(C)c(OC)c1CNc1nc(-c2ccccc2)cs1. The first-order valence-electron chi connectivity index (χ1n) is 7.56. The Bertz CT molecular complexity index is 779. The predicted octanol–water partition coefficient (Wildman–Crippen LogP) is 3.73. The zero-order valence-electron chi connectivity index (χ0n) is 13.5. The molecule has 0 radical (unpaired) electrons. The summed E-state index contributed by atoms with van der Waals surface area (Å²) in [5.74, 6) is 0.800. The quantitative estimate of drug-likeness (QED) is 0.749. The van der Waals surface area contributed by atoms with Gasteiger partial charge in [-0.15, -0.1) is 11.3 Å². The van der Waals surface area contributed by atoms with Gasteiger partial charge < -0.3 is 10.1 Å². The second-order valence-corrected chi connectivity index (χ2v) is 6.03. The van der Waals surface area contributed by atoms with Gasteiger partial charge in [0.15, 0.2) is 5.13 Å². The standard InChI is InChI=1S/C17H20N4OS/c1-4-14-13(16(22-3)21(2)20-14)10-18-17-19-15(11-23-17)12-8-6-5-7-9-12/h5-9,11H,4,10H2,1-3H3,(H,18,19). The number of ether oxygens (including phenoxy) is 1. The van der Waals surface area contributed by atoms with Crippen LogP contribution in [0.2, 0.25) is 0 Å². The zero-order chi connectivity index (χ0) is 16.2. The first-order chi connectivity index (χ1) is 11.2. The lowest BCUT2D eigenvalue weighted by molar-refractivity contribution is 0.370. The fourth-order valence-electron chi connectivity index (χ4n) is 2.58. The van der Waals surface area contributed by atoms with E-state index in [9.17, 15) is 0 Å². The van der Waals surface area contributed by atoms with Crippen LogP contribution in [0.25, 0.3) is 11.3 Å². The summed E-state index contributed by atoms with van der Waals surface area (Å²) in [5, 5.41) is 10.9. The van der Waals surface area contributed by atoms with Crippen LogP contribution in [0.15, 0.2) is 35.7 Å². The fraction of sp³-hybridized carbons (Fsp3) is 0.294. The minimum Gasteiger partial charge on any atom is -0.481 e. The van der Waals surface area contributed by atoms with Crippen LogP contribution in [0, 0.1) is 0 Å². The molecule has 1 N–H and O–H groups in total. The van der Waals surface area contributed by atoms with Crippen LogP contribution in [0.3, 0.4) is 0 Å². The number of anilines is 1. The number of benzene rings is 1. The maximum absolute atomic E-state index is 5.47. The summed E-state index contributed by atoms with van der Waals surface area (Å²) in [6.45, 7) is 2.75. The van der Waals surface area contributed by atoms with Gasteiger partial charge in [-0.05, 0) is 6.42 Å². The minimum atomic E-state index is 0.655. The summed E-state index contributed by atoms with van der Waals surface area (Å²) in [6.07, 6.45) is 0.876. The van der Waals surface area contributed by atoms with E-state index in [0.29, 0.717) is 6.54 Å². The van der Waals surface area contributed by atoms with E-state index in [4.69, 9.17) is 4.74 Å². The van der Waals surface area contributed by atoms with Crippen molar-refractivity contribution in [3.05, 3.63) is 47.0 Å². The molecule has 0 amide bonds. The van der Waals surface area contributed by atoms with Gasteiger partial charge in [0.25, 0.3) is 0 Å². The van der Waals surface area contributed by atoms with Crippen molar-refractivity contribution in [3.8, 4) is 17.1 Å². The van der Waals surface area contributed by atoms with Crippen LogP contribution in [0.1, 0.15) is 18.2 Å². The molecule has 0 aliphatic rings. The topological polar surface area (TPSA) is 52.0 Å². The molecule has 0 saturated carbocycles. The molecule has 0 unspecified atom stereocenters. The van der Waals surface area contributed by atoms with E-state index in [-0.39, 0.29) is 0 Å². The van der Waals surface area contributed by atoms with E-state index in [1.807, 2.05) is 25.2 Å². The van der Waals surface area contributed by atoms with Gasteiger partial charge in [-0.1, -0.05) is 37.3 Å². The van der Waals surface area contributed by atoms with Gasteiger partial charge >= 0.3 is 0 Å². The second kappa shape index (κ2) is 6.83. The van der Waals surface area contributed by atoms with Gasteiger partial charge in [-0.2, -0.15) is 5.10 Å². The molecule has 0 bridgehead atoms. The average Bonchev–Trinajstić information content (AvgIpc) is 3.17. The summed E-state index contributed by atoms with van der Waals surface area (Å²) >= 11 is 1.61. The smallest absolute Gasteiger partial charge is 0.216 e. The van der Waals surface area contributed by atoms with Crippen LogP contribution < -0.4 is 10.1 Å². The first kappa shape index (κ1) is 15.6. The third kappa shape index (κ3) is 3.22. The Morgan fingerprint density at radius 1 is 1.26 bits per heavy atom. The van der Waals surface area contributed by atoms with Crippen LogP contribution in [-0.2, 0) is 20.0 Å². The summed E-state index contributed by atoms with van der Waals surface area (Å²) in [6, 6.07) is 10.2. The van der Waals surface area contributed by atoms with Crippen molar-refractivity contribution in [2.75, 3.05) is 12.4 Å². The Kier molecular flexibility index (Phi) is 4.62. The van der Waals surface area contributed by atoms with Crippen molar-refractivity contribution in [3.63, 3.8) is 0 Å². The molecule has 6 heteroatoms. The Hall–Kier alpha value is -2.34. The first-order valence-corrected chi connectivity index (χ1v) is 8.44. The Morgan fingerprint density at radius 2 is 2.04 bits per heavy atom. The summed E-state index contributed by atoms with van der Waals surface area (Å²) in [5.41, 5.74) is 4.27. The van der Waals surface area contributed by atoms with Crippen LogP contribution in [-0.4, -0.2) is 21.9 Å². The molecule has 3 aromatic rings. The highest BCUT2D eigenvalue weighted by Gasteiger charge is 2.16. The monoisotopic (exact) mass is 328 g/mol. The fourth-order valence-corrected chi connectivity index (χ4v) is 3.30. The molecule has 120 valence electrons. The van der Waals surface area contributed by atoms with E-state index >= 15 is 0 Å². The molecule has 2 heterocycles. The van der Waals surface area contributed by atoms with Crippen molar-refractivity contribution in [2.45, 2.75) is 19.9 Å². The molecule has 23 heavy (non-hydrogen) atoms. The van der Waals surface area contributed by atoms with Crippen LogP contribution >= 0.6 is 11.3 Å². The molecule has 0 atom stereocenters. The van der Waals surface area contributed by atoms with Gasteiger partial charge in [0.1, 0.15) is 0 Å². The van der Waals surface area contributed by atoms with Crippen molar-refractivity contribution in [1.82, 2.24) is 14.8 Å². The highest BCUT2D eigenvalue weighted by molar-refractivity contribution is 7.14. The molecule has 0 aliphatic heterocycles. The van der Waals surface area contributed by atoms with Crippen molar-refractivity contribution in [1.29, 1.82) is 0 Å². The molecule has 3 rings (SSSR count). The van der Waals surface area contributed by atoms with E-state index in [1.54, 1.807) is 23.1 Å². The Labute approximate surface area is 140 Å². The number of hydrogen-bond donors (Lipinski definition) is 1. The largest absolute Gasteiger partial charge is 0.481 e. The van der Waals surface area contributed by atoms with E-state index in [1.165, 1.54) is 0 Å². The lowest BCUT2D eigenvalue weighted by atomic mass is 10.2. The molecule has 1 aromatic carbocycles. The number of rotatable bonds is 6. The van der Waals surface area contributed by atoms with Gasteiger partial charge in [0, 0.05) is 24.5 Å². The van der Waals surface area contributed by atoms with Crippen LogP contribution in [0.5, 0.6) is 5.88 Å². The van der Waals surface area contributed by atoms with Gasteiger partial charge in [0.2, 0.25) is 5.88 Å². The number of aryl methyl sites for hydroxylation is 2. The molecule has 0 spiro atoms. The number of nitrogens with zero attached hydrogens (tertiary/aromatic N) is 3. The molecular weight excluding hydrogens is 308 g/mol. The van der Waals surface area contributed by atoms with Gasteiger partial charge in [-0.3, -0.25) is 0 Å². The molecule has 0 saturated heterocycles. The second-order valence-electron chi connectivity index (χ2n) is 5.17. The molecular formula is C17H20N4OS. The summed E-state index contributed by atoms with van der Waals surface area (Å²) < 4.78 is 7.25. The Balaban J connectivity index is 1.76. The van der Waals surface area contributed by atoms with Crippen molar-refractivity contribution < 1.29 is 4.74 Å². The maximum atomic E-state index is 5.47. The highest BCUT2D eigenvalue weighted by Crippen LogP contribution is 2.27. The van der Waals surface area contributed by atoms with Crippen LogP contribution in [0.4, 0.5) is 5.13 Å². The lowest BCUT2D eigenvalue weighted by Gasteiger charge is -2.06. The molecule has 0 aliphatic carbocycles. The third-order valence-electron chi connectivity index (χ3n) is 3.69. The van der Waals surface area contributed by atoms with Crippen molar-refractivity contribution in [2.24, 2.45) is 7.05 Å². The van der Waals surface area contributed by atoms with Gasteiger partial charge in [-0.25, -0.2) is 9.67 Å². The normalized spacial score (nSPS) is 10.7. The number of methoxy groups -OCH3 is 1. The zero-order valence-corrected chi connectivity index (χ0v) is 14.4. The molecule has 0 fully saturated rings. The number of thiazole rings is 1. The summed E-state index contributed by atoms with van der Waals surface area (Å²) in [4.78, 5) is 4.65. The van der Waals surface area contributed by atoms with Gasteiger partial charge in [0.05, 0.1) is 24.1 Å². The number of hydrogen-bond acceptors (Lipinski definition) is 5. The van der Waals surface area contributed by atoms with E-state index < -0.39 is 0 Å². The average molecular weight is 328 g/mol. The predicted molar refractivity (Wildman–Crippen MR) is 94.0 cm³/mol. The van der Waals surface area contributed by atoms with E-state index in [2.05, 4.69) is 39.8 Å². The number of nitrogens with one attached hydrogen (secondary N) is 1. The van der Waals surface area contributed by atoms with E-state index in [0.717, 1.165) is 39.9 Å². The molecule has 5 nitrogen and oxygen atoms in total. The Morgan fingerprint density at radius 3 is 2.74 bits per heavy atom. The number of aromatic nitrogens is 3. The minimum absolute atomic E-state index is 0.655. The highest BCUT2D eigenvalue weighted by atomic mass is 32.1. The molecule has 2 aromatic heterocycles. The maximum Gasteiger partial charge on any atom is 0.216 e. The lowest BCUT2D eigenvalue weighted by Crippen LogP contribution is -2.03. The third-order valence-corrected chi connectivity index (χ3v) is 4.49. The summed E-state index contributed by atoms with van der Waals surface area (Å²) in [7, 11) is 3.58.